The quantitative estimate of drug-likeness (QED) is 0.695. The lowest BCUT2D eigenvalue weighted by atomic mass is 10.3. The molecule has 0 aromatic heterocycles. The Hall–Kier alpha value is -1.15. The minimum atomic E-state index is 0.908. The predicted molar refractivity (Wildman–Crippen MR) is 67.8 cm³/mol. The van der Waals surface area contributed by atoms with E-state index in [0.29, 0.717) is 0 Å². The van der Waals surface area contributed by atoms with Gasteiger partial charge in [0.1, 0.15) is 0 Å². The molecule has 0 aromatic rings. The molecule has 0 rings (SSSR count). The van der Waals surface area contributed by atoms with Gasteiger partial charge in [0.2, 0.25) is 0 Å². The zero-order valence-corrected chi connectivity index (χ0v) is 9.60. The van der Waals surface area contributed by atoms with Crippen LogP contribution in [0.1, 0.15) is 13.8 Å². The van der Waals surface area contributed by atoms with Gasteiger partial charge in [-0.3, -0.25) is 0 Å². The molecule has 14 heavy (non-hydrogen) atoms. The lowest BCUT2D eigenvalue weighted by molar-refractivity contribution is 1.42. The van der Waals surface area contributed by atoms with Crippen molar-refractivity contribution in [2.24, 2.45) is 5.73 Å². The molecule has 0 heterocycles. The van der Waals surface area contributed by atoms with Crippen LogP contribution >= 0.6 is 11.8 Å². The first-order valence-electron chi connectivity index (χ1n) is 4.31. The van der Waals surface area contributed by atoms with Gasteiger partial charge >= 0.3 is 0 Å². The van der Waals surface area contributed by atoms with Gasteiger partial charge in [-0.25, -0.2) is 0 Å². The van der Waals surface area contributed by atoms with Crippen LogP contribution in [0.15, 0.2) is 59.0 Å². The highest BCUT2D eigenvalue weighted by Gasteiger charge is 1.94. The van der Waals surface area contributed by atoms with E-state index in [1.54, 1.807) is 17.8 Å². The van der Waals surface area contributed by atoms with Gasteiger partial charge in [0.15, 0.2) is 0 Å². The molecular formula is C12H17NS. The van der Waals surface area contributed by atoms with Crippen molar-refractivity contribution < 1.29 is 0 Å². The minimum absolute atomic E-state index is 0.908. The van der Waals surface area contributed by atoms with Gasteiger partial charge in [0.25, 0.3) is 0 Å². The summed E-state index contributed by atoms with van der Waals surface area (Å²) in [6.07, 6.45) is 6.97. The lowest BCUT2D eigenvalue weighted by Gasteiger charge is -2.00. The van der Waals surface area contributed by atoms with Gasteiger partial charge in [0, 0.05) is 4.91 Å². The summed E-state index contributed by atoms with van der Waals surface area (Å²) in [5, 5.41) is 2.06. The van der Waals surface area contributed by atoms with Gasteiger partial charge in [0.05, 0.1) is 0 Å². The summed E-state index contributed by atoms with van der Waals surface area (Å²) in [5.74, 6) is 0. The molecule has 2 heteroatoms. The largest absolute Gasteiger partial charge is 0.405 e. The third kappa shape index (κ3) is 6.38. The number of hydrogen-bond acceptors (Lipinski definition) is 2. The van der Waals surface area contributed by atoms with E-state index in [4.69, 9.17) is 5.73 Å². The van der Waals surface area contributed by atoms with Crippen molar-refractivity contribution in [3.8, 4) is 0 Å². The average molecular weight is 207 g/mol. The molecule has 0 atom stereocenters. The number of rotatable bonds is 5. The lowest BCUT2D eigenvalue weighted by Crippen LogP contribution is -1.76. The van der Waals surface area contributed by atoms with Crippen LogP contribution in [0.25, 0.3) is 0 Å². The zero-order chi connectivity index (χ0) is 11.0. The summed E-state index contributed by atoms with van der Waals surface area (Å²) in [5.41, 5.74) is 7.36. The van der Waals surface area contributed by atoms with E-state index in [2.05, 4.69) is 32.4 Å². The molecule has 0 fully saturated rings. The van der Waals surface area contributed by atoms with Crippen LogP contribution in [0.4, 0.5) is 0 Å². The SMILES string of the molecule is C=C(/C=C\C=C/N)C(=C)SC=C(C)C. The second-order valence-corrected chi connectivity index (χ2v) is 3.97. The molecule has 0 aliphatic rings. The number of hydrogen-bond donors (Lipinski definition) is 1. The van der Waals surface area contributed by atoms with Crippen LogP contribution in [0.3, 0.4) is 0 Å². The van der Waals surface area contributed by atoms with E-state index < -0.39 is 0 Å². The van der Waals surface area contributed by atoms with Crippen molar-refractivity contribution in [2.75, 3.05) is 0 Å². The van der Waals surface area contributed by atoms with Gasteiger partial charge in [-0.1, -0.05) is 42.6 Å². The van der Waals surface area contributed by atoms with Crippen molar-refractivity contribution >= 4 is 11.8 Å². The molecule has 0 saturated heterocycles. The third-order valence-corrected chi connectivity index (χ3v) is 2.45. The fraction of sp³-hybridized carbons (Fsp3) is 0.167. The minimum Gasteiger partial charge on any atom is -0.405 e. The molecule has 0 spiro atoms. The number of nitrogens with two attached hydrogens (primary N) is 1. The molecule has 0 radical (unpaired) electrons. The van der Waals surface area contributed by atoms with Crippen molar-refractivity contribution in [3.63, 3.8) is 0 Å². The van der Waals surface area contributed by atoms with Gasteiger partial charge in [-0.2, -0.15) is 0 Å². The standard InChI is InChI=1S/C12H17NS/c1-10(2)9-14-12(4)11(3)7-5-6-8-13/h5-9H,3-4,13H2,1-2H3/b7-5-,8-6-. The van der Waals surface area contributed by atoms with Gasteiger partial charge in [-0.05, 0) is 37.1 Å². The van der Waals surface area contributed by atoms with Gasteiger partial charge in [-0.15, -0.1) is 0 Å². The normalized spacial score (nSPS) is 10.7. The summed E-state index contributed by atoms with van der Waals surface area (Å²) >= 11 is 1.59. The average Bonchev–Trinajstić information content (AvgIpc) is 2.14. The van der Waals surface area contributed by atoms with E-state index >= 15 is 0 Å². The van der Waals surface area contributed by atoms with E-state index in [9.17, 15) is 0 Å². The number of allylic oxidation sites excluding steroid dienone is 5. The van der Waals surface area contributed by atoms with Crippen LogP contribution in [-0.2, 0) is 0 Å². The Morgan fingerprint density at radius 2 is 1.86 bits per heavy atom. The topological polar surface area (TPSA) is 26.0 Å². The Balaban J connectivity index is 4.14. The Morgan fingerprint density at radius 1 is 1.21 bits per heavy atom. The maximum Gasteiger partial charge on any atom is 0.0110 e. The molecule has 2 N–H and O–H groups in total. The fourth-order valence-electron chi connectivity index (χ4n) is 0.593. The smallest absolute Gasteiger partial charge is 0.0110 e. The Bertz CT molecular complexity index is 291. The Labute approximate surface area is 90.8 Å². The second-order valence-electron chi connectivity index (χ2n) is 3.01. The highest BCUT2D eigenvalue weighted by molar-refractivity contribution is 8.06. The number of thioether (sulfide) groups is 1. The fourth-order valence-corrected chi connectivity index (χ4v) is 1.19. The van der Waals surface area contributed by atoms with Crippen LogP contribution in [0.5, 0.6) is 0 Å². The molecule has 0 bridgehead atoms. The van der Waals surface area contributed by atoms with Crippen LogP contribution in [-0.4, -0.2) is 0 Å². The monoisotopic (exact) mass is 207 g/mol. The van der Waals surface area contributed by atoms with Gasteiger partial charge < -0.3 is 5.73 Å². The molecular weight excluding hydrogens is 190 g/mol. The molecule has 0 saturated carbocycles. The van der Waals surface area contributed by atoms with Crippen molar-refractivity contribution in [2.45, 2.75) is 13.8 Å². The zero-order valence-electron chi connectivity index (χ0n) is 8.79. The Kier molecular flexibility index (Phi) is 6.68. The van der Waals surface area contributed by atoms with Crippen molar-refractivity contribution in [1.82, 2.24) is 0 Å². The first-order valence-corrected chi connectivity index (χ1v) is 5.19. The third-order valence-electron chi connectivity index (χ3n) is 1.31. The maximum atomic E-state index is 5.19. The van der Waals surface area contributed by atoms with E-state index in [-0.39, 0.29) is 0 Å². The molecule has 0 aliphatic heterocycles. The molecule has 0 amide bonds. The van der Waals surface area contributed by atoms with Crippen molar-refractivity contribution in [3.05, 3.63) is 59.0 Å². The predicted octanol–water partition coefficient (Wildman–Crippen LogP) is 3.74. The maximum absolute atomic E-state index is 5.19. The first-order chi connectivity index (χ1) is 6.57. The van der Waals surface area contributed by atoms with Crippen LogP contribution in [0, 0.1) is 0 Å². The first kappa shape index (κ1) is 12.8. The molecule has 0 aliphatic carbocycles. The van der Waals surface area contributed by atoms with Crippen LogP contribution in [0.2, 0.25) is 0 Å². The highest BCUT2D eigenvalue weighted by atomic mass is 32.2. The van der Waals surface area contributed by atoms with Crippen LogP contribution < -0.4 is 5.73 Å². The van der Waals surface area contributed by atoms with Crippen molar-refractivity contribution in [1.29, 1.82) is 0 Å². The molecule has 0 aromatic carbocycles. The summed E-state index contributed by atoms with van der Waals surface area (Å²) in [7, 11) is 0. The second kappa shape index (κ2) is 7.27. The summed E-state index contributed by atoms with van der Waals surface area (Å²) in [4.78, 5) is 0.952. The highest BCUT2D eigenvalue weighted by Crippen LogP contribution is 2.23. The van der Waals surface area contributed by atoms with E-state index in [1.165, 1.54) is 11.8 Å². The Morgan fingerprint density at radius 3 is 2.36 bits per heavy atom. The summed E-state index contributed by atoms with van der Waals surface area (Å²) in [6, 6.07) is 0. The molecule has 0 unspecified atom stereocenters. The molecule has 76 valence electrons. The van der Waals surface area contributed by atoms with E-state index in [0.717, 1.165) is 10.5 Å². The summed E-state index contributed by atoms with van der Waals surface area (Å²) < 4.78 is 0. The molecule has 1 nitrogen and oxygen atoms in total. The summed E-state index contributed by atoms with van der Waals surface area (Å²) in [6.45, 7) is 11.9. The van der Waals surface area contributed by atoms with E-state index in [1.807, 2.05) is 12.2 Å².